The maximum absolute atomic E-state index is 10.7. The van der Waals surface area contributed by atoms with Crippen molar-refractivity contribution >= 4 is 6.09 Å². The summed E-state index contributed by atoms with van der Waals surface area (Å²) in [5.41, 5.74) is 4.23. The summed E-state index contributed by atoms with van der Waals surface area (Å²) in [6.07, 6.45) is 6.84. The Morgan fingerprint density at radius 1 is 1.79 bits per heavy atom. The maximum Gasteiger partial charge on any atom is 0.405 e. The summed E-state index contributed by atoms with van der Waals surface area (Å²) in [6.45, 7) is 0. The lowest BCUT2D eigenvalue weighted by atomic mass is 9.81. The number of rotatable bonds is 2. The average molecular weight is 197 g/mol. The summed E-state index contributed by atoms with van der Waals surface area (Å²) in [6, 6.07) is 0. The minimum absolute atomic E-state index is 0.313. The molecule has 3 N–H and O–H groups in total. The van der Waals surface area contributed by atoms with E-state index in [4.69, 9.17) is 16.9 Å². The molecule has 0 spiro atoms. The van der Waals surface area contributed by atoms with Crippen LogP contribution in [0.25, 0.3) is 0 Å². The quantitative estimate of drug-likeness (QED) is 0.642. The fourth-order valence-electron chi connectivity index (χ4n) is 1.98. The molecule has 4 heteroatoms. The highest BCUT2D eigenvalue weighted by atomic mass is 16.6. The Balaban J connectivity index is 2.70. The van der Waals surface area contributed by atoms with Gasteiger partial charge in [0.1, 0.15) is 5.60 Å². The monoisotopic (exact) mass is 197 g/mol. The Morgan fingerprint density at radius 3 is 3.00 bits per heavy atom. The molecule has 0 aromatic carbocycles. The Labute approximate surface area is 83.4 Å². The van der Waals surface area contributed by atoms with Crippen LogP contribution in [0.2, 0.25) is 0 Å². The van der Waals surface area contributed by atoms with E-state index in [9.17, 15) is 9.90 Å². The van der Waals surface area contributed by atoms with Crippen LogP contribution in [-0.4, -0.2) is 22.9 Å². The molecule has 1 aliphatic carbocycles. The van der Waals surface area contributed by atoms with Gasteiger partial charge in [-0.05, 0) is 19.3 Å². The molecule has 4 nitrogen and oxygen atoms in total. The fourth-order valence-corrected chi connectivity index (χ4v) is 1.98. The standard InChI is InChI=1S/C10H15NO3/c1-2-5-10(14-9(11)13)6-3-4-8(12)7-10/h1,8,12H,3-7H2,(H2,11,13)/t8-,10-/m1/s1. The predicted octanol–water partition coefficient (Wildman–Crippen LogP) is 0.779. The molecule has 1 saturated carbocycles. The van der Waals surface area contributed by atoms with Crippen LogP contribution < -0.4 is 5.73 Å². The van der Waals surface area contributed by atoms with E-state index < -0.39 is 17.8 Å². The van der Waals surface area contributed by atoms with Crippen molar-refractivity contribution in [2.75, 3.05) is 0 Å². The Bertz CT molecular complexity index is 259. The number of hydrogen-bond acceptors (Lipinski definition) is 3. The van der Waals surface area contributed by atoms with Crippen molar-refractivity contribution in [3.8, 4) is 12.3 Å². The molecule has 0 unspecified atom stereocenters. The lowest BCUT2D eigenvalue weighted by Crippen LogP contribution is -2.42. The van der Waals surface area contributed by atoms with E-state index >= 15 is 0 Å². The minimum Gasteiger partial charge on any atom is -0.442 e. The summed E-state index contributed by atoms with van der Waals surface area (Å²) in [4.78, 5) is 10.7. The van der Waals surface area contributed by atoms with Gasteiger partial charge in [0.15, 0.2) is 0 Å². The van der Waals surface area contributed by atoms with Crippen molar-refractivity contribution in [1.29, 1.82) is 0 Å². The molecule has 0 saturated heterocycles. The van der Waals surface area contributed by atoms with Gasteiger partial charge in [0.25, 0.3) is 0 Å². The van der Waals surface area contributed by atoms with Gasteiger partial charge in [-0.3, -0.25) is 0 Å². The molecular weight excluding hydrogens is 182 g/mol. The van der Waals surface area contributed by atoms with Crippen molar-refractivity contribution in [2.45, 2.75) is 43.8 Å². The molecule has 1 aliphatic rings. The summed E-state index contributed by atoms with van der Waals surface area (Å²) >= 11 is 0. The van der Waals surface area contributed by atoms with Gasteiger partial charge in [0.2, 0.25) is 0 Å². The molecule has 0 bridgehead atoms. The third kappa shape index (κ3) is 2.64. The van der Waals surface area contributed by atoms with Crippen LogP contribution >= 0.6 is 0 Å². The molecule has 2 atom stereocenters. The number of carbonyl (C=O) groups is 1. The lowest BCUT2D eigenvalue weighted by molar-refractivity contribution is -0.0486. The Kier molecular flexibility index (Phi) is 3.37. The van der Waals surface area contributed by atoms with Crippen LogP contribution in [-0.2, 0) is 4.74 Å². The molecular formula is C10H15NO3. The normalized spacial score (nSPS) is 31.9. The third-order valence-electron chi connectivity index (χ3n) is 2.52. The highest BCUT2D eigenvalue weighted by molar-refractivity contribution is 5.65. The summed E-state index contributed by atoms with van der Waals surface area (Å²) in [7, 11) is 0. The van der Waals surface area contributed by atoms with Crippen LogP contribution in [0.3, 0.4) is 0 Å². The number of carbonyl (C=O) groups excluding carboxylic acids is 1. The number of terminal acetylenes is 1. The molecule has 0 aromatic rings. The van der Waals surface area contributed by atoms with Gasteiger partial charge in [-0.15, -0.1) is 12.3 Å². The lowest BCUT2D eigenvalue weighted by Gasteiger charge is -2.36. The van der Waals surface area contributed by atoms with Gasteiger partial charge in [-0.25, -0.2) is 4.79 Å². The molecule has 14 heavy (non-hydrogen) atoms. The Hall–Kier alpha value is -1.21. The first-order valence-electron chi connectivity index (χ1n) is 4.68. The first kappa shape index (κ1) is 10.9. The molecule has 0 aliphatic heterocycles. The Morgan fingerprint density at radius 2 is 2.50 bits per heavy atom. The van der Waals surface area contributed by atoms with Gasteiger partial charge < -0.3 is 15.6 Å². The van der Waals surface area contributed by atoms with E-state index in [-0.39, 0.29) is 0 Å². The molecule has 0 radical (unpaired) electrons. The van der Waals surface area contributed by atoms with Crippen LogP contribution in [0.4, 0.5) is 4.79 Å². The van der Waals surface area contributed by atoms with Crippen molar-refractivity contribution in [3.63, 3.8) is 0 Å². The summed E-state index contributed by atoms with van der Waals surface area (Å²) < 4.78 is 5.03. The van der Waals surface area contributed by atoms with Gasteiger partial charge in [-0.1, -0.05) is 0 Å². The number of nitrogens with two attached hydrogens (primary N) is 1. The number of hydrogen-bond donors (Lipinski definition) is 2. The zero-order valence-electron chi connectivity index (χ0n) is 8.03. The highest BCUT2D eigenvalue weighted by Gasteiger charge is 2.38. The van der Waals surface area contributed by atoms with Crippen LogP contribution in [0.15, 0.2) is 0 Å². The average Bonchev–Trinajstić information content (AvgIpc) is 2.02. The summed E-state index contributed by atoms with van der Waals surface area (Å²) in [5.74, 6) is 2.46. The smallest absolute Gasteiger partial charge is 0.405 e. The van der Waals surface area contributed by atoms with Gasteiger partial charge in [0, 0.05) is 12.8 Å². The van der Waals surface area contributed by atoms with Crippen molar-refractivity contribution in [3.05, 3.63) is 0 Å². The maximum atomic E-state index is 10.7. The molecule has 0 heterocycles. The number of amides is 1. The summed E-state index contributed by atoms with van der Waals surface area (Å²) in [5, 5.41) is 9.48. The van der Waals surface area contributed by atoms with E-state index in [1.807, 2.05) is 0 Å². The first-order valence-corrected chi connectivity index (χ1v) is 4.68. The van der Waals surface area contributed by atoms with Gasteiger partial charge in [-0.2, -0.15) is 0 Å². The molecule has 1 fully saturated rings. The zero-order chi connectivity index (χ0) is 10.6. The first-order chi connectivity index (χ1) is 6.58. The molecule has 0 aromatic heterocycles. The van der Waals surface area contributed by atoms with Crippen LogP contribution in [0, 0.1) is 12.3 Å². The van der Waals surface area contributed by atoms with E-state index in [2.05, 4.69) is 5.92 Å². The van der Waals surface area contributed by atoms with E-state index in [0.717, 1.165) is 12.8 Å². The third-order valence-corrected chi connectivity index (χ3v) is 2.52. The van der Waals surface area contributed by atoms with Gasteiger partial charge in [0.05, 0.1) is 6.10 Å². The van der Waals surface area contributed by atoms with E-state index in [1.165, 1.54) is 0 Å². The SMILES string of the molecule is C#CC[C@@]1(OC(N)=O)CCC[C@@H](O)C1. The number of primary amides is 1. The number of ether oxygens (including phenoxy) is 1. The minimum atomic E-state index is -0.825. The van der Waals surface area contributed by atoms with Crippen molar-refractivity contribution < 1.29 is 14.6 Å². The van der Waals surface area contributed by atoms with Crippen LogP contribution in [0.5, 0.6) is 0 Å². The molecule has 1 rings (SSSR count). The number of aliphatic hydroxyl groups is 1. The van der Waals surface area contributed by atoms with Crippen molar-refractivity contribution in [1.82, 2.24) is 0 Å². The molecule has 1 amide bonds. The topological polar surface area (TPSA) is 72.5 Å². The predicted molar refractivity (Wildman–Crippen MR) is 51.3 cm³/mol. The van der Waals surface area contributed by atoms with Crippen LogP contribution in [0.1, 0.15) is 32.1 Å². The van der Waals surface area contributed by atoms with Crippen molar-refractivity contribution in [2.24, 2.45) is 5.73 Å². The highest BCUT2D eigenvalue weighted by Crippen LogP contribution is 2.34. The molecule has 78 valence electrons. The largest absolute Gasteiger partial charge is 0.442 e. The van der Waals surface area contributed by atoms with Gasteiger partial charge >= 0.3 is 6.09 Å². The van der Waals surface area contributed by atoms with E-state index in [1.54, 1.807) is 0 Å². The zero-order valence-corrected chi connectivity index (χ0v) is 8.03. The second kappa shape index (κ2) is 4.34. The second-order valence-electron chi connectivity index (χ2n) is 3.74. The number of aliphatic hydroxyl groups excluding tert-OH is 1. The van der Waals surface area contributed by atoms with E-state index in [0.29, 0.717) is 19.3 Å². The fraction of sp³-hybridized carbons (Fsp3) is 0.700. The second-order valence-corrected chi connectivity index (χ2v) is 3.74.